The summed E-state index contributed by atoms with van der Waals surface area (Å²) in [6, 6.07) is 4.46. The van der Waals surface area contributed by atoms with E-state index in [1.165, 1.54) is 23.2 Å². The average molecular weight is 224 g/mol. The van der Waals surface area contributed by atoms with E-state index in [1.54, 1.807) is 0 Å². The van der Waals surface area contributed by atoms with E-state index >= 15 is 0 Å². The van der Waals surface area contributed by atoms with Gasteiger partial charge in [-0.15, -0.1) is 0 Å². The molecule has 0 spiro atoms. The van der Waals surface area contributed by atoms with Gasteiger partial charge in [-0.25, -0.2) is 0 Å². The Morgan fingerprint density at radius 2 is 2.07 bits per heavy atom. The van der Waals surface area contributed by atoms with Crippen LogP contribution in [-0.2, 0) is 19.4 Å². The van der Waals surface area contributed by atoms with E-state index in [0.717, 1.165) is 31.0 Å². The van der Waals surface area contributed by atoms with Gasteiger partial charge in [-0.05, 0) is 42.1 Å². The van der Waals surface area contributed by atoms with Crippen LogP contribution in [0.1, 0.15) is 30.5 Å². The van der Waals surface area contributed by atoms with Crippen LogP contribution in [0.5, 0.6) is 0 Å². The number of benzene rings is 1. The minimum Gasteiger partial charge on any atom is -0.299 e. The van der Waals surface area contributed by atoms with Gasteiger partial charge in [0.15, 0.2) is 0 Å². The van der Waals surface area contributed by atoms with E-state index in [9.17, 15) is 0 Å². The van der Waals surface area contributed by atoms with Crippen molar-refractivity contribution in [2.45, 2.75) is 33.2 Å². The number of hydrogen-bond acceptors (Lipinski definition) is 1. The van der Waals surface area contributed by atoms with Gasteiger partial charge < -0.3 is 0 Å². The molecule has 2 rings (SSSR count). The lowest BCUT2D eigenvalue weighted by Crippen LogP contribution is -2.30. The second kappa shape index (κ2) is 4.54. The molecule has 1 aromatic carbocycles. The zero-order valence-corrected chi connectivity index (χ0v) is 10.3. The molecular formula is C13H18ClN. The highest BCUT2D eigenvalue weighted by molar-refractivity contribution is 6.31. The molecule has 0 unspecified atom stereocenters. The molecule has 0 amide bonds. The molecule has 0 saturated heterocycles. The standard InChI is InChI=1S/C13H18ClN/c1-3-10-7-12-9-15(4-2)6-5-11(12)8-13(10)14/h7-8H,3-6,9H2,1-2H3. The van der Waals surface area contributed by atoms with E-state index in [4.69, 9.17) is 11.6 Å². The molecule has 1 aromatic rings. The summed E-state index contributed by atoms with van der Waals surface area (Å²) in [5, 5.41) is 0.946. The highest BCUT2D eigenvalue weighted by Crippen LogP contribution is 2.26. The fraction of sp³-hybridized carbons (Fsp3) is 0.538. The number of halogens is 1. The van der Waals surface area contributed by atoms with Gasteiger partial charge in [-0.2, -0.15) is 0 Å². The first-order valence-electron chi connectivity index (χ1n) is 5.77. The Morgan fingerprint density at radius 3 is 2.73 bits per heavy atom. The largest absolute Gasteiger partial charge is 0.299 e. The lowest BCUT2D eigenvalue weighted by molar-refractivity contribution is 0.268. The van der Waals surface area contributed by atoms with Crippen molar-refractivity contribution >= 4 is 11.6 Å². The molecule has 82 valence electrons. The molecular weight excluding hydrogens is 206 g/mol. The van der Waals surface area contributed by atoms with Crippen molar-refractivity contribution in [2.24, 2.45) is 0 Å². The number of fused-ring (bicyclic) bond motifs is 1. The smallest absolute Gasteiger partial charge is 0.0440 e. The minimum atomic E-state index is 0.946. The van der Waals surface area contributed by atoms with Crippen LogP contribution >= 0.6 is 11.6 Å². The third kappa shape index (κ3) is 2.19. The Bertz CT molecular complexity index is 360. The maximum Gasteiger partial charge on any atom is 0.0440 e. The molecule has 1 aliphatic rings. The molecule has 0 fully saturated rings. The molecule has 1 heterocycles. The van der Waals surface area contributed by atoms with Crippen molar-refractivity contribution < 1.29 is 0 Å². The van der Waals surface area contributed by atoms with Crippen molar-refractivity contribution in [1.29, 1.82) is 0 Å². The Balaban J connectivity index is 2.33. The number of likely N-dealkylation sites (N-methyl/N-ethyl adjacent to an activating group) is 1. The summed E-state index contributed by atoms with van der Waals surface area (Å²) in [4.78, 5) is 2.48. The topological polar surface area (TPSA) is 3.24 Å². The van der Waals surface area contributed by atoms with E-state index in [1.807, 2.05) is 0 Å². The summed E-state index contributed by atoms with van der Waals surface area (Å²) in [6.45, 7) is 7.79. The van der Waals surface area contributed by atoms with Gasteiger partial charge in [0.1, 0.15) is 0 Å². The SMILES string of the molecule is CCc1cc2c(cc1Cl)CCN(CC)C2. The van der Waals surface area contributed by atoms with Crippen LogP contribution < -0.4 is 0 Å². The van der Waals surface area contributed by atoms with Crippen LogP contribution in [0.15, 0.2) is 12.1 Å². The Labute approximate surface area is 97.0 Å². The first-order chi connectivity index (χ1) is 7.24. The second-order valence-electron chi connectivity index (χ2n) is 4.18. The Morgan fingerprint density at radius 1 is 1.27 bits per heavy atom. The van der Waals surface area contributed by atoms with Crippen molar-refractivity contribution in [3.05, 3.63) is 33.8 Å². The van der Waals surface area contributed by atoms with Gasteiger partial charge >= 0.3 is 0 Å². The van der Waals surface area contributed by atoms with Gasteiger partial charge in [-0.1, -0.05) is 31.5 Å². The van der Waals surface area contributed by atoms with Crippen LogP contribution in [0, 0.1) is 0 Å². The first-order valence-corrected chi connectivity index (χ1v) is 6.15. The summed E-state index contributed by atoms with van der Waals surface area (Å²) in [6.07, 6.45) is 2.17. The average Bonchev–Trinajstić information content (AvgIpc) is 2.27. The van der Waals surface area contributed by atoms with E-state index in [2.05, 4.69) is 30.9 Å². The molecule has 0 aromatic heterocycles. The van der Waals surface area contributed by atoms with Crippen molar-refractivity contribution in [3.8, 4) is 0 Å². The number of aryl methyl sites for hydroxylation is 1. The van der Waals surface area contributed by atoms with E-state index in [-0.39, 0.29) is 0 Å². The molecule has 0 radical (unpaired) electrons. The molecule has 15 heavy (non-hydrogen) atoms. The quantitative estimate of drug-likeness (QED) is 0.744. The number of rotatable bonds is 2. The highest BCUT2D eigenvalue weighted by atomic mass is 35.5. The third-order valence-corrected chi connectivity index (χ3v) is 3.64. The summed E-state index contributed by atoms with van der Waals surface area (Å²) in [5.74, 6) is 0. The van der Waals surface area contributed by atoms with Gasteiger partial charge in [0.05, 0.1) is 0 Å². The predicted octanol–water partition coefficient (Wildman–Crippen LogP) is 3.28. The lowest BCUT2D eigenvalue weighted by atomic mass is 9.96. The van der Waals surface area contributed by atoms with Crippen LogP contribution in [0.25, 0.3) is 0 Å². The molecule has 1 nitrogen and oxygen atoms in total. The minimum absolute atomic E-state index is 0.946. The van der Waals surface area contributed by atoms with E-state index < -0.39 is 0 Å². The molecule has 0 N–H and O–H groups in total. The van der Waals surface area contributed by atoms with Crippen LogP contribution in [0.3, 0.4) is 0 Å². The molecule has 0 aliphatic carbocycles. The zero-order valence-electron chi connectivity index (χ0n) is 9.52. The monoisotopic (exact) mass is 223 g/mol. The summed E-state index contributed by atoms with van der Waals surface area (Å²) >= 11 is 6.22. The summed E-state index contributed by atoms with van der Waals surface area (Å²) in [5.41, 5.74) is 4.21. The maximum absolute atomic E-state index is 6.22. The summed E-state index contributed by atoms with van der Waals surface area (Å²) in [7, 11) is 0. The van der Waals surface area contributed by atoms with Crippen molar-refractivity contribution in [3.63, 3.8) is 0 Å². The Kier molecular flexibility index (Phi) is 3.32. The lowest BCUT2D eigenvalue weighted by Gasteiger charge is -2.28. The molecule has 0 saturated carbocycles. The predicted molar refractivity (Wildman–Crippen MR) is 65.5 cm³/mol. The molecule has 0 atom stereocenters. The fourth-order valence-electron chi connectivity index (χ4n) is 2.23. The third-order valence-electron chi connectivity index (χ3n) is 3.29. The number of nitrogens with zero attached hydrogens (tertiary/aromatic N) is 1. The first kappa shape index (κ1) is 11.0. The van der Waals surface area contributed by atoms with Gasteiger partial charge in [-0.3, -0.25) is 4.90 Å². The van der Waals surface area contributed by atoms with E-state index in [0.29, 0.717) is 0 Å². The van der Waals surface area contributed by atoms with Gasteiger partial charge in [0.25, 0.3) is 0 Å². The van der Waals surface area contributed by atoms with Gasteiger partial charge in [0.2, 0.25) is 0 Å². The summed E-state index contributed by atoms with van der Waals surface area (Å²) < 4.78 is 0. The second-order valence-corrected chi connectivity index (χ2v) is 4.59. The van der Waals surface area contributed by atoms with Crippen molar-refractivity contribution in [2.75, 3.05) is 13.1 Å². The fourth-order valence-corrected chi connectivity index (χ4v) is 2.55. The molecule has 2 heteroatoms. The van der Waals surface area contributed by atoms with Crippen LogP contribution in [0.4, 0.5) is 0 Å². The highest BCUT2D eigenvalue weighted by Gasteiger charge is 2.16. The molecule has 0 bridgehead atoms. The normalized spacial score (nSPS) is 16.5. The zero-order chi connectivity index (χ0) is 10.8. The molecule has 1 aliphatic heterocycles. The number of hydrogen-bond donors (Lipinski definition) is 0. The van der Waals surface area contributed by atoms with Crippen molar-refractivity contribution in [1.82, 2.24) is 4.90 Å². The van der Waals surface area contributed by atoms with Crippen LogP contribution in [0.2, 0.25) is 5.02 Å². The van der Waals surface area contributed by atoms with Gasteiger partial charge in [0, 0.05) is 18.1 Å². The maximum atomic E-state index is 6.22. The Hall–Kier alpha value is -0.530. The van der Waals surface area contributed by atoms with Crippen LogP contribution in [-0.4, -0.2) is 18.0 Å².